The third-order valence-corrected chi connectivity index (χ3v) is 5.19. The summed E-state index contributed by atoms with van der Waals surface area (Å²) in [7, 11) is 0. The van der Waals surface area contributed by atoms with Crippen LogP contribution in [-0.4, -0.2) is 11.0 Å². The first-order valence-electron chi connectivity index (χ1n) is 7.90. The number of hydrogen-bond donors (Lipinski definition) is 2. The van der Waals surface area contributed by atoms with Crippen molar-refractivity contribution in [3.63, 3.8) is 0 Å². The van der Waals surface area contributed by atoms with E-state index in [1.165, 1.54) is 49.2 Å². The maximum atomic E-state index is 5.76. The molecule has 1 aromatic heterocycles. The van der Waals surface area contributed by atoms with Crippen LogP contribution in [-0.2, 0) is 11.8 Å². The van der Waals surface area contributed by atoms with Gasteiger partial charge in [-0.05, 0) is 12.3 Å². The average molecular weight is 295 g/mol. The lowest BCUT2D eigenvalue weighted by Crippen LogP contribution is -2.38. The van der Waals surface area contributed by atoms with Gasteiger partial charge < -0.3 is 0 Å². The summed E-state index contributed by atoms with van der Waals surface area (Å²) >= 11 is 1.78. The van der Waals surface area contributed by atoms with E-state index in [-0.39, 0.29) is 5.41 Å². The lowest BCUT2D eigenvalue weighted by molar-refractivity contribution is 0.297. The van der Waals surface area contributed by atoms with Crippen molar-refractivity contribution in [2.24, 2.45) is 11.8 Å². The summed E-state index contributed by atoms with van der Waals surface area (Å²) in [6, 6.07) is 0.372. The largest absolute Gasteiger partial charge is 0.271 e. The van der Waals surface area contributed by atoms with Gasteiger partial charge in [-0.3, -0.25) is 11.3 Å². The first-order valence-corrected chi connectivity index (χ1v) is 8.78. The molecular weight excluding hydrogens is 266 g/mol. The second-order valence-corrected chi connectivity index (χ2v) is 8.13. The van der Waals surface area contributed by atoms with Gasteiger partial charge in [0.1, 0.15) is 0 Å². The van der Waals surface area contributed by atoms with Gasteiger partial charge in [0.2, 0.25) is 0 Å². The molecule has 0 saturated heterocycles. The number of hydrogen-bond acceptors (Lipinski definition) is 4. The summed E-state index contributed by atoms with van der Waals surface area (Å²) < 4.78 is 0. The minimum atomic E-state index is 0.143. The minimum absolute atomic E-state index is 0.143. The highest BCUT2D eigenvalue weighted by molar-refractivity contribution is 7.09. The summed E-state index contributed by atoms with van der Waals surface area (Å²) in [6.45, 7) is 6.64. The standard InChI is InChI=1S/C16H29N3S/c1-16(2,3)14-11-20-15(18-14)10-13(19-17)9-12-7-5-4-6-8-12/h11-13,19H,4-10,17H2,1-3H3. The highest BCUT2D eigenvalue weighted by Gasteiger charge is 2.21. The summed E-state index contributed by atoms with van der Waals surface area (Å²) in [6.07, 6.45) is 9.13. The average Bonchev–Trinajstić information content (AvgIpc) is 2.87. The van der Waals surface area contributed by atoms with E-state index in [0.717, 1.165) is 12.3 Å². The lowest BCUT2D eigenvalue weighted by Gasteiger charge is -2.25. The number of nitrogens with zero attached hydrogens (tertiary/aromatic N) is 1. The van der Waals surface area contributed by atoms with Gasteiger partial charge in [0.15, 0.2) is 0 Å². The van der Waals surface area contributed by atoms with Crippen LogP contribution >= 0.6 is 11.3 Å². The van der Waals surface area contributed by atoms with Crippen LogP contribution in [0.2, 0.25) is 0 Å². The van der Waals surface area contributed by atoms with Crippen LogP contribution in [0, 0.1) is 5.92 Å². The highest BCUT2D eigenvalue weighted by atomic mass is 32.1. The topological polar surface area (TPSA) is 50.9 Å². The van der Waals surface area contributed by atoms with Crippen LogP contribution in [0.4, 0.5) is 0 Å². The molecule has 0 spiro atoms. The normalized spacial score (nSPS) is 19.2. The number of nitrogens with two attached hydrogens (primary N) is 1. The zero-order valence-electron chi connectivity index (χ0n) is 13.1. The van der Waals surface area contributed by atoms with Crippen molar-refractivity contribution in [2.45, 2.75) is 77.2 Å². The molecule has 1 fully saturated rings. The Labute approximate surface area is 127 Å². The van der Waals surface area contributed by atoms with Crippen molar-refractivity contribution in [3.05, 3.63) is 16.1 Å². The molecule has 0 aliphatic heterocycles. The minimum Gasteiger partial charge on any atom is -0.271 e. The van der Waals surface area contributed by atoms with E-state index in [4.69, 9.17) is 10.8 Å². The van der Waals surface area contributed by atoms with Crippen molar-refractivity contribution in [3.8, 4) is 0 Å². The van der Waals surface area contributed by atoms with E-state index < -0.39 is 0 Å². The first kappa shape index (κ1) is 15.9. The molecule has 1 aliphatic rings. The fraction of sp³-hybridized carbons (Fsp3) is 0.812. The zero-order chi connectivity index (χ0) is 14.6. The van der Waals surface area contributed by atoms with Gasteiger partial charge in [-0.1, -0.05) is 52.9 Å². The summed E-state index contributed by atoms with van der Waals surface area (Å²) in [5, 5.41) is 3.41. The Morgan fingerprint density at radius 2 is 2.05 bits per heavy atom. The third kappa shape index (κ3) is 4.54. The van der Waals surface area contributed by atoms with Gasteiger partial charge in [-0.15, -0.1) is 11.3 Å². The van der Waals surface area contributed by atoms with Crippen LogP contribution in [0.3, 0.4) is 0 Å². The number of nitrogens with one attached hydrogen (secondary N) is 1. The number of rotatable bonds is 5. The van der Waals surface area contributed by atoms with E-state index in [0.29, 0.717) is 6.04 Å². The molecule has 1 aliphatic carbocycles. The van der Waals surface area contributed by atoms with Gasteiger partial charge in [-0.25, -0.2) is 4.98 Å². The Kier molecular flexibility index (Phi) is 5.58. The smallest absolute Gasteiger partial charge is 0.0944 e. The lowest BCUT2D eigenvalue weighted by atomic mass is 9.84. The third-order valence-electron chi connectivity index (χ3n) is 4.32. The maximum Gasteiger partial charge on any atom is 0.0944 e. The van der Waals surface area contributed by atoms with Crippen molar-refractivity contribution in [1.82, 2.24) is 10.4 Å². The van der Waals surface area contributed by atoms with Crippen molar-refractivity contribution in [2.75, 3.05) is 0 Å². The molecule has 1 aromatic rings. The SMILES string of the molecule is CC(C)(C)c1csc(CC(CC2CCCCC2)NN)n1. The van der Waals surface area contributed by atoms with Crippen LogP contribution in [0.5, 0.6) is 0 Å². The van der Waals surface area contributed by atoms with Crippen LogP contribution in [0.25, 0.3) is 0 Å². The number of aromatic nitrogens is 1. The Morgan fingerprint density at radius 1 is 1.35 bits per heavy atom. The molecule has 1 saturated carbocycles. The molecule has 0 radical (unpaired) electrons. The molecule has 20 heavy (non-hydrogen) atoms. The van der Waals surface area contributed by atoms with E-state index in [2.05, 4.69) is 31.6 Å². The van der Waals surface area contributed by atoms with Crippen LogP contribution in [0.15, 0.2) is 5.38 Å². The molecule has 1 heterocycles. The predicted octanol–water partition coefficient (Wildman–Crippen LogP) is 3.79. The molecular formula is C16H29N3S. The molecule has 0 amide bonds. The zero-order valence-corrected chi connectivity index (χ0v) is 13.9. The Bertz CT molecular complexity index is 402. The monoisotopic (exact) mass is 295 g/mol. The Balaban J connectivity index is 1.90. The van der Waals surface area contributed by atoms with Gasteiger partial charge in [-0.2, -0.15) is 0 Å². The van der Waals surface area contributed by atoms with E-state index in [1.807, 2.05) is 0 Å². The second kappa shape index (κ2) is 7.01. The molecule has 2 rings (SSSR count). The van der Waals surface area contributed by atoms with Crippen LogP contribution < -0.4 is 11.3 Å². The first-order chi connectivity index (χ1) is 9.49. The molecule has 0 aromatic carbocycles. The second-order valence-electron chi connectivity index (χ2n) is 7.18. The fourth-order valence-electron chi connectivity index (χ4n) is 3.00. The Morgan fingerprint density at radius 3 is 2.60 bits per heavy atom. The quantitative estimate of drug-likeness (QED) is 0.642. The summed E-state index contributed by atoms with van der Waals surface area (Å²) in [5.74, 6) is 6.61. The molecule has 3 N–H and O–H groups in total. The van der Waals surface area contributed by atoms with Crippen molar-refractivity contribution < 1.29 is 0 Å². The number of thiazole rings is 1. The van der Waals surface area contributed by atoms with Crippen LogP contribution in [0.1, 0.15) is 70.0 Å². The fourth-order valence-corrected chi connectivity index (χ4v) is 4.10. The van der Waals surface area contributed by atoms with Gasteiger partial charge >= 0.3 is 0 Å². The number of hydrazine groups is 1. The van der Waals surface area contributed by atoms with Gasteiger partial charge in [0.05, 0.1) is 10.7 Å². The molecule has 114 valence electrons. The highest BCUT2D eigenvalue weighted by Crippen LogP contribution is 2.29. The molecule has 3 nitrogen and oxygen atoms in total. The molecule has 4 heteroatoms. The van der Waals surface area contributed by atoms with E-state index in [9.17, 15) is 0 Å². The van der Waals surface area contributed by atoms with Gasteiger partial charge in [0.25, 0.3) is 0 Å². The molecule has 1 atom stereocenters. The van der Waals surface area contributed by atoms with Crippen molar-refractivity contribution >= 4 is 11.3 Å². The maximum absolute atomic E-state index is 5.76. The molecule has 0 bridgehead atoms. The predicted molar refractivity (Wildman–Crippen MR) is 86.8 cm³/mol. The Hall–Kier alpha value is -0.450. The summed E-state index contributed by atoms with van der Waals surface area (Å²) in [5.41, 5.74) is 4.36. The van der Waals surface area contributed by atoms with E-state index in [1.54, 1.807) is 11.3 Å². The van der Waals surface area contributed by atoms with E-state index >= 15 is 0 Å². The summed E-state index contributed by atoms with van der Waals surface area (Å²) in [4.78, 5) is 4.79. The van der Waals surface area contributed by atoms with Crippen molar-refractivity contribution in [1.29, 1.82) is 0 Å². The van der Waals surface area contributed by atoms with Gasteiger partial charge in [0, 0.05) is 23.3 Å². The molecule has 1 unspecified atom stereocenters.